The van der Waals surface area contributed by atoms with Gasteiger partial charge in [0.15, 0.2) is 0 Å². The average Bonchev–Trinajstić information content (AvgIpc) is 3.55. The lowest BCUT2D eigenvalue weighted by molar-refractivity contribution is -0.119. The van der Waals surface area contributed by atoms with E-state index in [1.807, 2.05) is 25.1 Å². The van der Waals surface area contributed by atoms with E-state index in [0.717, 1.165) is 28.6 Å². The van der Waals surface area contributed by atoms with Crippen molar-refractivity contribution >= 4 is 45.0 Å². The number of anilines is 2. The van der Waals surface area contributed by atoms with Gasteiger partial charge in [0.05, 0.1) is 11.3 Å². The Balaban J connectivity index is 1.56. The van der Waals surface area contributed by atoms with Crippen LogP contribution in [0.4, 0.5) is 11.4 Å². The number of halogens is 1. The normalized spacial score (nSPS) is 12.9. The smallest absolute Gasteiger partial charge is 0.253 e. The third-order valence-corrected chi connectivity index (χ3v) is 5.37. The topological polar surface area (TPSA) is 78.5 Å². The largest absolute Gasteiger partial charge is 0.351 e. The number of hydrogen-bond acceptors (Lipinski definition) is 3. The molecule has 1 aliphatic rings. The van der Waals surface area contributed by atoms with Gasteiger partial charge >= 0.3 is 0 Å². The number of nitrogens with one attached hydrogen (secondary N) is 2. The highest BCUT2D eigenvalue weighted by atomic mass is 79.9. The molecule has 0 bridgehead atoms. The molecule has 2 N–H and O–H groups in total. The Hall–Kier alpha value is -2.67. The summed E-state index contributed by atoms with van der Waals surface area (Å²) >= 11 is 3.39. The van der Waals surface area contributed by atoms with E-state index in [0.29, 0.717) is 11.3 Å². The van der Waals surface area contributed by atoms with Gasteiger partial charge in [-0.25, -0.2) is 0 Å². The van der Waals surface area contributed by atoms with Crippen molar-refractivity contribution in [1.82, 2.24) is 5.32 Å². The molecule has 0 radical (unpaired) electrons. The van der Waals surface area contributed by atoms with Crippen molar-refractivity contribution in [3.05, 3.63) is 58.1 Å². The second kappa shape index (κ2) is 9.22. The van der Waals surface area contributed by atoms with Crippen LogP contribution in [0.1, 0.15) is 35.2 Å². The number of nitrogens with zero attached hydrogens (tertiary/aromatic N) is 1. The van der Waals surface area contributed by atoms with Gasteiger partial charge in [0.25, 0.3) is 5.91 Å². The van der Waals surface area contributed by atoms with Crippen LogP contribution >= 0.6 is 15.9 Å². The maximum Gasteiger partial charge on any atom is 0.253 e. The molecule has 0 spiro atoms. The third kappa shape index (κ3) is 5.44. The van der Waals surface area contributed by atoms with Crippen LogP contribution in [0.15, 0.2) is 46.9 Å². The van der Waals surface area contributed by atoms with Gasteiger partial charge in [-0.2, -0.15) is 0 Å². The predicted octanol–water partition coefficient (Wildman–Crippen LogP) is 3.89. The standard InChI is InChI=1S/C22H24BrN3O3/c1-14-7-10-16(23)13-18(14)25-20(27)11-12-24-21(28)17-5-3-4-6-19(17)26(2)22(29)15-8-9-15/h3-7,10,13,15H,8-9,11-12H2,1-2H3,(H,24,28)(H,25,27). The van der Waals surface area contributed by atoms with Crippen LogP contribution in [0.5, 0.6) is 0 Å². The van der Waals surface area contributed by atoms with Gasteiger partial charge in [0.2, 0.25) is 11.8 Å². The lowest BCUT2D eigenvalue weighted by atomic mass is 10.1. The van der Waals surface area contributed by atoms with Crippen LogP contribution in [-0.2, 0) is 9.59 Å². The van der Waals surface area contributed by atoms with Crippen molar-refractivity contribution in [2.75, 3.05) is 23.8 Å². The maximum atomic E-state index is 12.6. The molecule has 152 valence electrons. The van der Waals surface area contributed by atoms with Gasteiger partial charge in [-0.3, -0.25) is 14.4 Å². The molecule has 2 aromatic carbocycles. The van der Waals surface area contributed by atoms with Gasteiger partial charge in [0, 0.05) is 36.1 Å². The Morgan fingerprint density at radius 3 is 2.59 bits per heavy atom. The molecular formula is C22H24BrN3O3. The highest BCUT2D eigenvalue weighted by Crippen LogP contribution is 2.33. The molecular weight excluding hydrogens is 434 g/mol. The van der Waals surface area contributed by atoms with Crippen LogP contribution in [0.3, 0.4) is 0 Å². The highest BCUT2D eigenvalue weighted by Gasteiger charge is 2.33. The summed E-state index contributed by atoms with van der Waals surface area (Å²) in [4.78, 5) is 38.7. The molecule has 0 aliphatic heterocycles. The second-order valence-electron chi connectivity index (χ2n) is 7.20. The first kappa shape index (κ1) is 21.0. The summed E-state index contributed by atoms with van der Waals surface area (Å²) in [5.74, 6) is -0.376. The van der Waals surface area contributed by atoms with Crippen LogP contribution in [-0.4, -0.2) is 31.3 Å². The predicted molar refractivity (Wildman–Crippen MR) is 117 cm³/mol. The molecule has 7 heteroatoms. The summed E-state index contributed by atoms with van der Waals surface area (Å²) in [5, 5.41) is 5.63. The molecule has 1 aliphatic carbocycles. The number of para-hydroxylation sites is 1. The quantitative estimate of drug-likeness (QED) is 0.661. The van der Waals surface area contributed by atoms with Gasteiger partial charge in [-0.15, -0.1) is 0 Å². The average molecular weight is 458 g/mol. The first-order valence-corrected chi connectivity index (χ1v) is 10.4. The van der Waals surface area contributed by atoms with Crippen molar-refractivity contribution in [1.29, 1.82) is 0 Å². The first-order valence-electron chi connectivity index (χ1n) is 9.57. The van der Waals surface area contributed by atoms with E-state index in [1.165, 1.54) is 0 Å². The number of amides is 3. The fourth-order valence-electron chi connectivity index (χ4n) is 3.01. The zero-order chi connectivity index (χ0) is 21.0. The minimum atomic E-state index is -0.303. The number of benzene rings is 2. The van der Waals surface area contributed by atoms with E-state index in [1.54, 1.807) is 36.2 Å². The van der Waals surface area contributed by atoms with Crippen molar-refractivity contribution in [3.63, 3.8) is 0 Å². The number of hydrogen-bond donors (Lipinski definition) is 2. The zero-order valence-corrected chi connectivity index (χ0v) is 18.1. The Morgan fingerprint density at radius 1 is 1.14 bits per heavy atom. The van der Waals surface area contributed by atoms with E-state index in [9.17, 15) is 14.4 Å². The van der Waals surface area contributed by atoms with Crippen molar-refractivity contribution in [3.8, 4) is 0 Å². The van der Waals surface area contributed by atoms with Crippen molar-refractivity contribution in [2.24, 2.45) is 5.92 Å². The number of carbonyl (C=O) groups excluding carboxylic acids is 3. The molecule has 6 nitrogen and oxygen atoms in total. The van der Waals surface area contributed by atoms with E-state index >= 15 is 0 Å². The molecule has 29 heavy (non-hydrogen) atoms. The fourth-order valence-corrected chi connectivity index (χ4v) is 3.37. The number of rotatable bonds is 7. The maximum absolute atomic E-state index is 12.6. The molecule has 3 amide bonds. The van der Waals surface area contributed by atoms with E-state index in [-0.39, 0.29) is 36.6 Å². The molecule has 0 aromatic heterocycles. The minimum Gasteiger partial charge on any atom is -0.351 e. The Bertz CT molecular complexity index is 941. The summed E-state index contributed by atoms with van der Waals surface area (Å²) in [7, 11) is 1.69. The molecule has 1 fully saturated rings. The molecule has 0 unspecified atom stereocenters. The number of aryl methyl sites for hydroxylation is 1. The molecule has 3 rings (SSSR count). The Morgan fingerprint density at radius 2 is 1.86 bits per heavy atom. The monoisotopic (exact) mass is 457 g/mol. The molecule has 0 atom stereocenters. The third-order valence-electron chi connectivity index (χ3n) is 4.88. The Kier molecular flexibility index (Phi) is 6.69. The zero-order valence-electron chi connectivity index (χ0n) is 16.5. The van der Waals surface area contributed by atoms with Gasteiger partial charge in [-0.1, -0.05) is 34.1 Å². The van der Waals surface area contributed by atoms with Crippen LogP contribution in [0, 0.1) is 12.8 Å². The molecule has 1 saturated carbocycles. The lowest BCUT2D eigenvalue weighted by Gasteiger charge is -2.20. The summed E-state index contributed by atoms with van der Waals surface area (Å²) in [6.45, 7) is 2.12. The number of carbonyl (C=O) groups is 3. The van der Waals surface area contributed by atoms with Gasteiger partial charge in [0.1, 0.15) is 0 Å². The molecule has 2 aromatic rings. The van der Waals surface area contributed by atoms with E-state index in [4.69, 9.17) is 0 Å². The fraction of sp³-hybridized carbons (Fsp3) is 0.318. The minimum absolute atomic E-state index is 0.0361. The molecule has 0 heterocycles. The van der Waals surface area contributed by atoms with Crippen LogP contribution in [0.25, 0.3) is 0 Å². The first-order chi connectivity index (χ1) is 13.9. The lowest BCUT2D eigenvalue weighted by Crippen LogP contribution is -2.32. The second-order valence-corrected chi connectivity index (χ2v) is 8.12. The van der Waals surface area contributed by atoms with Crippen LogP contribution in [0.2, 0.25) is 0 Å². The highest BCUT2D eigenvalue weighted by molar-refractivity contribution is 9.10. The van der Waals surface area contributed by atoms with Crippen molar-refractivity contribution < 1.29 is 14.4 Å². The van der Waals surface area contributed by atoms with Crippen molar-refractivity contribution in [2.45, 2.75) is 26.2 Å². The molecule has 0 saturated heterocycles. The Labute approximate surface area is 178 Å². The van der Waals surface area contributed by atoms with E-state index < -0.39 is 0 Å². The summed E-state index contributed by atoms with van der Waals surface area (Å²) in [5.41, 5.74) is 2.70. The van der Waals surface area contributed by atoms with E-state index in [2.05, 4.69) is 26.6 Å². The summed E-state index contributed by atoms with van der Waals surface area (Å²) < 4.78 is 0.883. The summed E-state index contributed by atoms with van der Waals surface area (Å²) in [6, 6.07) is 12.7. The summed E-state index contributed by atoms with van der Waals surface area (Å²) in [6.07, 6.45) is 1.96. The van der Waals surface area contributed by atoms with Gasteiger partial charge < -0.3 is 15.5 Å². The SMILES string of the molecule is Cc1ccc(Br)cc1NC(=O)CCNC(=O)c1ccccc1N(C)C(=O)C1CC1. The van der Waals surface area contributed by atoms with Gasteiger partial charge in [-0.05, 0) is 49.6 Å². The van der Waals surface area contributed by atoms with Crippen LogP contribution < -0.4 is 15.5 Å².